The monoisotopic (exact) mass is 360 g/mol. The summed E-state index contributed by atoms with van der Waals surface area (Å²) in [5, 5.41) is 0. The molecular weight excluding hydrogens is 343 g/mol. The molecule has 1 fully saturated rings. The van der Waals surface area contributed by atoms with Gasteiger partial charge in [0.2, 0.25) is 0 Å². The molecule has 1 heterocycles. The van der Waals surface area contributed by atoms with E-state index in [0.29, 0.717) is 5.69 Å². The molecule has 0 aliphatic carbocycles. The van der Waals surface area contributed by atoms with E-state index in [2.05, 4.69) is 25.8 Å². The maximum atomic E-state index is 14.4. The van der Waals surface area contributed by atoms with Crippen LogP contribution in [0.25, 0.3) is 0 Å². The summed E-state index contributed by atoms with van der Waals surface area (Å²) in [6.45, 7) is 3.89. The summed E-state index contributed by atoms with van der Waals surface area (Å²) in [6.07, 6.45) is 4.01. The molecule has 0 amide bonds. The molecular formula is C18H18BrFN2. The fourth-order valence-corrected chi connectivity index (χ4v) is 3.10. The SMILES string of the molecule is Cc1cc(N2CCCC2)c(F)cc1C=Nc1ccccc1Br. The molecule has 1 aliphatic heterocycles. The van der Waals surface area contributed by atoms with Gasteiger partial charge in [-0.2, -0.15) is 0 Å². The first kappa shape index (κ1) is 15.2. The van der Waals surface area contributed by atoms with Gasteiger partial charge in [-0.15, -0.1) is 0 Å². The molecule has 0 spiro atoms. The van der Waals surface area contributed by atoms with Crippen molar-refractivity contribution in [3.05, 3.63) is 57.8 Å². The molecule has 3 rings (SSSR count). The topological polar surface area (TPSA) is 15.6 Å². The number of halogens is 2. The normalized spacial score (nSPS) is 15.0. The summed E-state index contributed by atoms with van der Waals surface area (Å²) in [5.41, 5.74) is 3.41. The number of anilines is 1. The van der Waals surface area contributed by atoms with Crippen molar-refractivity contribution >= 4 is 33.5 Å². The van der Waals surface area contributed by atoms with Gasteiger partial charge >= 0.3 is 0 Å². The van der Waals surface area contributed by atoms with Gasteiger partial charge < -0.3 is 4.90 Å². The second kappa shape index (κ2) is 6.61. The van der Waals surface area contributed by atoms with E-state index in [1.165, 1.54) is 0 Å². The van der Waals surface area contributed by atoms with E-state index < -0.39 is 0 Å². The number of hydrogen-bond donors (Lipinski definition) is 0. The van der Waals surface area contributed by atoms with Gasteiger partial charge in [-0.25, -0.2) is 4.39 Å². The molecule has 4 heteroatoms. The van der Waals surface area contributed by atoms with Gasteiger partial charge in [0.25, 0.3) is 0 Å². The molecule has 0 bridgehead atoms. The summed E-state index contributed by atoms with van der Waals surface area (Å²) in [7, 11) is 0. The maximum absolute atomic E-state index is 14.4. The highest BCUT2D eigenvalue weighted by Gasteiger charge is 2.17. The van der Waals surface area contributed by atoms with Crippen molar-refractivity contribution < 1.29 is 4.39 Å². The van der Waals surface area contributed by atoms with Crippen molar-refractivity contribution in [2.24, 2.45) is 4.99 Å². The van der Waals surface area contributed by atoms with Crippen molar-refractivity contribution in [1.82, 2.24) is 0 Å². The van der Waals surface area contributed by atoms with E-state index in [0.717, 1.165) is 47.2 Å². The van der Waals surface area contributed by atoms with Crippen LogP contribution in [0.3, 0.4) is 0 Å². The lowest BCUT2D eigenvalue weighted by molar-refractivity contribution is 0.622. The van der Waals surface area contributed by atoms with Crippen LogP contribution in [-0.2, 0) is 0 Å². The van der Waals surface area contributed by atoms with Crippen molar-refractivity contribution in [2.45, 2.75) is 19.8 Å². The first-order valence-corrected chi connectivity index (χ1v) is 8.28. The Morgan fingerprint density at radius 3 is 2.64 bits per heavy atom. The van der Waals surface area contributed by atoms with E-state index in [1.54, 1.807) is 12.3 Å². The number of aryl methyl sites for hydroxylation is 1. The summed E-state index contributed by atoms with van der Waals surface area (Å²) in [5.74, 6) is -0.166. The fraction of sp³-hybridized carbons (Fsp3) is 0.278. The van der Waals surface area contributed by atoms with Crippen LogP contribution in [0.2, 0.25) is 0 Å². The van der Waals surface area contributed by atoms with Crippen LogP contribution >= 0.6 is 15.9 Å². The Bertz CT molecular complexity index is 706. The zero-order chi connectivity index (χ0) is 15.5. The molecule has 114 valence electrons. The third-order valence-electron chi connectivity index (χ3n) is 3.98. The third kappa shape index (κ3) is 3.22. The minimum atomic E-state index is -0.166. The standard InChI is InChI=1S/C18H18BrFN2/c1-13-10-18(22-8-4-5-9-22)16(20)11-14(13)12-21-17-7-3-2-6-15(17)19/h2-3,6-7,10-12H,4-5,8-9H2,1H3. The maximum Gasteiger partial charge on any atom is 0.147 e. The van der Waals surface area contributed by atoms with Crippen molar-refractivity contribution in [1.29, 1.82) is 0 Å². The number of benzene rings is 2. The average Bonchev–Trinajstić information content (AvgIpc) is 3.03. The second-order valence-corrected chi connectivity index (χ2v) is 6.42. The molecule has 0 unspecified atom stereocenters. The van der Waals surface area contributed by atoms with Crippen molar-refractivity contribution in [3.63, 3.8) is 0 Å². The lowest BCUT2D eigenvalue weighted by Gasteiger charge is -2.19. The summed E-state index contributed by atoms with van der Waals surface area (Å²) >= 11 is 3.46. The number of nitrogens with zero attached hydrogens (tertiary/aromatic N) is 2. The van der Waals surface area contributed by atoms with Gasteiger partial charge in [-0.1, -0.05) is 12.1 Å². The number of para-hydroxylation sites is 1. The predicted molar refractivity (Wildman–Crippen MR) is 94.0 cm³/mol. The Hall–Kier alpha value is -1.68. The minimum absolute atomic E-state index is 0.166. The van der Waals surface area contributed by atoms with Crippen molar-refractivity contribution in [3.8, 4) is 0 Å². The molecule has 0 aromatic heterocycles. The van der Waals surface area contributed by atoms with Gasteiger partial charge in [-0.3, -0.25) is 4.99 Å². The van der Waals surface area contributed by atoms with Gasteiger partial charge in [0.15, 0.2) is 0 Å². The largest absolute Gasteiger partial charge is 0.369 e. The number of rotatable bonds is 3. The summed E-state index contributed by atoms with van der Waals surface area (Å²) in [4.78, 5) is 6.58. The van der Waals surface area contributed by atoms with Crippen LogP contribution in [0.15, 0.2) is 45.9 Å². The lowest BCUT2D eigenvalue weighted by Crippen LogP contribution is -2.19. The van der Waals surface area contributed by atoms with Gasteiger partial charge in [0.05, 0.1) is 11.4 Å². The summed E-state index contributed by atoms with van der Waals surface area (Å²) in [6, 6.07) is 11.3. The Balaban J connectivity index is 1.88. The van der Waals surface area contributed by atoms with Crippen LogP contribution < -0.4 is 4.90 Å². The molecule has 0 atom stereocenters. The summed E-state index contributed by atoms with van der Waals surface area (Å²) < 4.78 is 15.3. The van der Waals surface area contributed by atoms with Crippen LogP contribution in [0.5, 0.6) is 0 Å². The number of aliphatic imine (C=N–C) groups is 1. The molecule has 0 radical (unpaired) electrons. The van der Waals surface area contributed by atoms with E-state index >= 15 is 0 Å². The van der Waals surface area contributed by atoms with Crippen LogP contribution in [0.4, 0.5) is 15.8 Å². The molecule has 0 saturated carbocycles. The van der Waals surface area contributed by atoms with Crippen molar-refractivity contribution in [2.75, 3.05) is 18.0 Å². The molecule has 22 heavy (non-hydrogen) atoms. The molecule has 1 aliphatic rings. The van der Waals surface area contributed by atoms with Gasteiger partial charge in [0, 0.05) is 23.8 Å². The Morgan fingerprint density at radius 2 is 1.91 bits per heavy atom. The quantitative estimate of drug-likeness (QED) is 0.682. The smallest absolute Gasteiger partial charge is 0.147 e. The van der Waals surface area contributed by atoms with Crippen LogP contribution in [-0.4, -0.2) is 19.3 Å². The van der Waals surface area contributed by atoms with Gasteiger partial charge in [0.1, 0.15) is 5.82 Å². The fourth-order valence-electron chi connectivity index (χ4n) is 2.72. The Kier molecular flexibility index (Phi) is 4.57. The van der Waals surface area contributed by atoms with Gasteiger partial charge in [-0.05, 0) is 71.1 Å². The Morgan fingerprint density at radius 1 is 1.18 bits per heavy atom. The Labute approximate surface area is 138 Å². The highest BCUT2D eigenvalue weighted by atomic mass is 79.9. The third-order valence-corrected chi connectivity index (χ3v) is 4.65. The van der Waals surface area contributed by atoms with E-state index in [-0.39, 0.29) is 5.82 Å². The lowest BCUT2D eigenvalue weighted by atomic mass is 10.1. The highest BCUT2D eigenvalue weighted by molar-refractivity contribution is 9.10. The molecule has 2 nitrogen and oxygen atoms in total. The highest BCUT2D eigenvalue weighted by Crippen LogP contribution is 2.27. The minimum Gasteiger partial charge on any atom is -0.369 e. The first-order valence-electron chi connectivity index (χ1n) is 7.49. The molecule has 2 aromatic carbocycles. The van der Waals surface area contributed by atoms with E-state index in [4.69, 9.17) is 0 Å². The zero-order valence-electron chi connectivity index (χ0n) is 12.5. The first-order chi connectivity index (χ1) is 10.6. The van der Waals surface area contributed by atoms with E-state index in [1.807, 2.05) is 37.3 Å². The van der Waals surface area contributed by atoms with Crippen LogP contribution in [0, 0.1) is 12.7 Å². The van der Waals surface area contributed by atoms with Crippen LogP contribution in [0.1, 0.15) is 24.0 Å². The van der Waals surface area contributed by atoms with E-state index in [9.17, 15) is 4.39 Å². The molecule has 2 aromatic rings. The zero-order valence-corrected chi connectivity index (χ0v) is 14.1. The average molecular weight is 361 g/mol. The molecule has 0 N–H and O–H groups in total. The predicted octanol–water partition coefficient (Wildman–Crippen LogP) is 5.25. The second-order valence-electron chi connectivity index (χ2n) is 5.56. The molecule has 1 saturated heterocycles. The number of hydrogen-bond acceptors (Lipinski definition) is 2.